The van der Waals surface area contributed by atoms with Crippen molar-refractivity contribution in [2.45, 2.75) is 0 Å². The summed E-state index contributed by atoms with van der Waals surface area (Å²) in [6, 6.07) is 39.0. The number of furan rings is 1. The quantitative estimate of drug-likeness (QED) is 0.251. The second-order valence-corrected chi connectivity index (χ2v) is 9.34. The highest BCUT2D eigenvalue weighted by molar-refractivity contribution is 6.12. The molecule has 178 valence electrons. The van der Waals surface area contributed by atoms with E-state index < -0.39 is 0 Å². The summed E-state index contributed by atoms with van der Waals surface area (Å²) >= 11 is 0. The number of para-hydroxylation sites is 3. The van der Waals surface area contributed by atoms with Crippen LogP contribution in [0.1, 0.15) is 0 Å². The Morgan fingerprint density at radius 2 is 1.42 bits per heavy atom. The van der Waals surface area contributed by atoms with E-state index in [1.54, 1.807) is 0 Å². The van der Waals surface area contributed by atoms with E-state index in [9.17, 15) is 0 Å². The monoisotopic (exact) mass is 488 g/mol. The molecule has 0 bridgehead atoms. The Bertz CT molecular complexity index is 2140. The van der Waals surface area contributed by atoms with E-state index in [1.165, 1.54) is 0 Å². The van der Waals surface area contributed by atoms with Crippen LogP contribution >= 0.6 is 0 Å². The van der Waals surface area contributed by atoms with Crippen LogP contribution in [-0.2, 0) is 0 Å². The molecule has 0 saturated carbocycles. The number of benzene rings is 5. The van der Waals surface area contributed by atoms with Crippen molar-refractivity contribution in [3.05, 3.63) is 122 Å². The first-order valence-corrected chi connectivity index (χ1v) is 12.5. The van der Waals surface area contributed by atoms with Crippen LogP contribution in [0.15, 0.2) is 126 Å². The minimum atomic E-state index is 0.675. The third-order valence-corrected chi connectivity index (χ3v) is 7.10. The van der Waals surface area contributed by atoms with Gasteiger partial charge in [-0.1, -0.05) is 72.8 Å². The summed E-state index contributed by atoms with van der Waals surface area (Å²) in [4.78, 5) is 14.7. The summed E-state index contributed by atoms with van der Waals surface area (Å²) in [7, 11) is 0. The van der Waals surface area contributed by atoms with Crippen molar-refractivity contribution in [3.8, 4) is 28.3 Å². The fraction of sp³-hybridized carbons (Fsp3) is 0. The SMILES string of the molecule is c1ccc(-c2nc(-c3cccc4oc5ccc(-n6cnc7ccccc76)cc5c34)nc3ccccc23)cc1. The Labute approximate surface area is 217 Å². The number of hydrogen-bond donors (Lipinski definition) is 0. The van der Waals surface area contributed by atoms with Crippen molar-refractivity contribution in [2.24, 2.45) is 0 Å². The van der Waals surface area contributed by atoms with Crippen LogP contribution < -0.4 is 0 Å². The van der Waals surface area contributed by atoms with Crippen LogP contribution in [0.3, 0.4) is 0 Å². The van der Waals surface area contributed by atoms with Crippen LogP contribution in [0.4, 0.5) is 0 Å². The molecule has 0 aliphatic carbocycles. The maximum Gasteiger partial charge on any atom is 0.161 e. The Balaban J connectivity index is 1.40. The van der Waals surface area contributed by atoms with Gasteiger partial charge in [0.2, 0.25) is 0 Å². The molecule has 8 rings (SSSR count). The van der Waals surface area contributed by atoms with Gasteiger partial charge in [0.25, 0.3) is 0 Å². The normalized spacial score (nSPS) is 11.7. The summed E-state index contributed by atoms with van der Waals surface area (Å²) in [5, 5.41) is 3.05. The first-order valence-electron chi connectivity index (χ1n) is 12.5. The minimum absolute atomic E-state index is 0.675. The van der Waals surface area contributed by atoms with Crippen LogP contribution in [-0.4, -0.2) is 19.5 Å². The highest BCUT2D eigenvalue weighted by atomic mass is 16.3. The van der Waals surface area contributed by atoms with E-state index >= 15 is 0 Å². The predicted molar refractivity (Wildman–Crippen MR) is 152 cm³/mol. The third-order valence-electron chi connectivity index (χ3n) is 7.10. The van der Waals surface area contributed by atoms with E-state index in [2.05, 4.69) is 52.0 Å². The fourth-order valence-corrected chi connectivity index (χ4v) is 5.33. The Hall–Kier alpha value is -5.29. The fourth-order valence-electron chi connectivity index (χ4n) is 5.33. The number of imidazole rings is 1. The Kier molecular flexibility index (Phi) is 4.45. The lowest BCUT2D eigenvalue weighted by Crippen LogP contribution is -1.95. The number of hydrogen-bond acceptors (Lipinski definition) is 4. The summed E-state index contributed by atoms with van der Waals surface area (Å²) in [5.41, 5.74) is 8.51. The van der Waals surface area contributed by atoms with Crippen LogP contribution in [0, 0.1) is 0 Å². The van der Waals surface area contributed by atoms with Crippen molar-refractivity contribution < 1.29 is 4.42 Å². The van der Waals surface area contributed by atoms with Gasteiger partial charge in [0, 0.05) is 33.0 Å². The van der Waals surface area contributed by atoms with Gasteiger partial charge in [-0.05, 0) is 42.5 Å². The lowest BCUT2D eigenvalue weighted by Gasteiger charge is -2.10. The van der Waals surface area contributed by atoms with Gasteiger partial charge in [0.05, 0.1) is 22.2 Å². The van der Waals surface area contributed by atoms with Gasteiger partial charge in [-0.15, -0.1) is 0 Å². The van der Waals surface area contributed by atoms with Crippen molar-refractivity contribution in [3.63, 3.8) is 0 Å². The third kappa shape index (κ3) is 3.15. The van der Waals surface area contributed by atoms with Gasteiger partial charge >= 0.3 is 0 Å². The number of rotatable bonds is 3. The lowest BCUT2D eigenvalue weighted by atomic mass is 10.0. The van der Waals surface area contributed by atoms with Gasteiger partial charge in [0.1, 0.15) is 17.5 Å². The van der Waals surface area contributed by atoms with E-state index in [0.29, 0.717) is 5.82 Å². The van der Waals surface area contributed by atoms with Crippen LogP contribution in [0.25, 0.3) is 72.2 Å². The van der Waals surface area contributed by atoms with Crippen LogP contribution in [0.2, 0.25) is 0 Å². The standard InChI is InChI=1S/C33H20N4O/c1-2-9-21(10-3-1)32-23-11-4-5-13-26(23)35-33(36-32)24-12-8-16-30-31(24)25-19-22(17-18-29(25)38-30)37-20-34-27-14-6-7-15-28(27)37/h1-20H. The molecule has 0 unspecified atom stereocenters. The van der Waals surface area contributed by atoms with Gasteiger partial charge in [-0.25, -0.2) is 15.0 Å². The van der Waals surface area contributed by atoms with Gasteiger partial charge in [-0.3, -0.25) is 4.57 Å². The molecule has 0 aliphatic heterocycles. The highest BCUT2D eigenvalue weighted by Crippen LogP contribution is 2.38. The molecule has 0 spiro atoms. The molecule has 0 N–H and O–H groups in total. The Morgan fingerprint density at radius 3 is 2.34 bits per heavy atom. The van der Waals surface area contributed by atoms with Gasteiger partial charge in [0.15, 0.2) is 5.82 Å². The summed E-state index contributed by atoms with van der Waals surface area (Å²) in [6.45, 7) is 0. The zero-order chi connectivity index (χ0) is 25.1. The molecule has 3 aromatic heterocycles. The molecule has 5 aromatic carbocycles. The van der Waals surface area contributed by atoms with E-state index in [1.807, 2.05) is 79.1 Å². The Morgan fingerprint density at radius 1 is 0.605 bits per heavy atom. The van der Waals surface area contributed by atoms with E-state index in [4.69, 9.17) is 14.4 Å². The van der Waals surface area contributed by atoms with Crippen molar-refractivity contribution in [1.29, 1.82) is 0 Å². The zero-order valence-corrected chi connectivity index (χ0v) is 20.2. The molecule has 0 saturated heterocycles. The summed E-state index contributed by atoms with van der Waals surface area (Å²) in [6.07, 6.45) is 1.87. The summed E-state index contributed by atoms with van der Waals surface area (Å²) in [5.74, 6) is 0.675. The molecule has 0 amide bonds. The number of nitrogens with zero attached hydrogens (tertiary/aromatic N) is 4. The average molecular weight is 489 g/mol. The summed E-state index contributed by atoms with van der Waals surface area (Å²) < 4.78 is 8.40. The first-order chi connectivity index (χ1) is 18.8. The lowest BCUT2D eigenvalue weighted by molar-refractivity contribution is 0.669. The zero-order valence-electron chi connectivity index (χ0n) is 20.2. The molecule has 38 heavy (non-hydrogen) atoms. The highest BCUT2D eigenvalue weighted by Gasteiger charge is 2.18. The van der Waals surface area contributed by atoms with E-state index in [0.717, 1.165) is 66.4 Å². The predicted octanol–water partition coefficient (Wildman–Crippen LogP) is 8.20. The minimum Gasteiger partial charge on any atom is -0.456 e. The largest absolute Gasteiger partial charge is 0.456 e. The second-order valence-electron chi connectivity index (χ2n) is 9.34. The molecule has 0 aliphatic rings. The second kappa shape index (κ2) is 8.11. The number of aromatic nitrogens is 4. The molecule has 5 heteroatoms. The number of fused-ring (bicyclic) bond motifs is 5. The maximum atomic E-state index is 6.30. The molecule has 8 aromatic rings. The molecular weight excluding hydrogens is 468 g/mol. The smallest absolute Gasteiger partial charge is 0.161 e. The average Bonchev–Trinajstić information content (AvgIpc) is 3.58. The molecule has 0 radical (unpaired) electrons. The molecule has 0 atom stereocenters. The van der Waals surface area contributed by atoms with Crippen molar-refractivity contribution >= 4 is 43.9 Å². The molecular formula is C33H20N4O. The van der Waals surface area contributed by atoms with Gasteiger partial charge in [-0.2, -0.15) is 0 Å². The molecule has 3 heterocycles. The topological polar surface area (TPSA) is 56.7 Å². The maximum absolute atomic E-state index is 6.30. The first kappa shape index (κ1) is 20.9. The van der Waals surface area contributed by atoms with Crippen molar-refractivity contribution in [1.82, 2.24) is 19.5 Å². The van der Waals surface area contributed by atoms with E-state index in [-0.39, 0.29) is 0 Å². The molecule has 5 nitrogen and oxygen atoms in total. The van der Waals surface area contributed by atoms with Crippen LogP contribution in [0.5, 0.6) is 0 Å². The van der Waals surface area contributed by atoms with Crippen molar-refractivity contribution in [2.75, 3.05) is 0 Å². The molecule has 0 fully saturated rings. The van der Waals surface area contributed by atoms with Gasteiger partial charge < -0.3 is 4.42 Å².